The molecule has 0 aromatic heterocycles. The minimum atomic E-state index is 0.527. The summed E-state index contributed by atoms with van der Waals surface area (Å²) < 4.78 is 10.9. The average molecular weight is 340 g/mol. The predicted molar refractivity (Wildman–Crippen MR) is 94.7 cm³/mol. The highest BCUT2D eigenvalue weighted by Crippen LogP contribution is 2.36. The summed E-state index contributed by atoms with van der Waals surface area (Å²) in [4.78, 5) is 4.63. The Balaban J connectivity index is 2.10. The summed E-state index contributed by atoms with van der Waals surface area (Å²) >= 11 is 6.30. The van der Waals surface area contributed by atoms with Crippen LogP contribution < -0.4 is 20.1 Å². The lowest BCUT2D eigenvalue weighted by molar-refractivity contribution is 0.311. The highest BCUT2D eigenvalue weighted by atomic mass is 35.5. The van der Waals surface area contributed by atoms with E-state index in [4.69, 9.17) is 21.1 Å². The molecule has 0 heterocycles. The number of methoxy groups -OCH3 is 1. The van der Waals surface area contributed by atoms with Crippen LogP contribution in [-0.4, -0.2) is 32.3 Å². The van der Waals surface area contributed by atoms with Crippen molar-refractivity contribution >= 4 is 17.6 Å². The van der Waals surface area contributed by atoms with Crippen molar-refractivity contribution in [3.05, 3.63) is 22.7 Å². The molecule has 0 bridgehead atoms. The second-order valence-electron chi connectivity index (χ2n) is 5.70. The van der Waals surface area contributed by atoms with Crippen molar-refractivity contribution in [3.8, 4) is 11.5 Å². The lowest BCUT2D eigenvalue weighted by Gasteiger charge is -2.13. The predicted octanol–water partition coefficient (Wildman–Crippen LogP) is 3.21. The molecule has 23 heavy (non-hydrogen) atoms. The largest absolute Gasteiger partial charge is 0.493 e. The molecule has 2 rings (SSSR count). The molecule has 1 fully saturated rings. The van der Waals surface area contributed by atoms with Gasteiger partial charge in [0.1, 0.15) is 0 Å². The van der Waals surface area contributed by atoms with Crippen LogP contribution in [-0.2, 0) is 6.54 Å². The summed E-state index contributed by atoms with van der Waals surface area (Å²) in [6.07, 6.45) is 1.20. The van der Waals surface area contributed by atoms with Crippen LogP contribution in [0, 0.1) is 5.92 Å². The number of halogens is 1. The fraction of sp³-hybridized carbons (Fsp3) is 0.588. The monoisotopic (exact) mass is 339 g/mol. The summed E-state index contributed by atoms with van der Waals surface area (Å²) in [6, 6.07) is 4.33. The Morgan fingerprint density at radius 1 is 1.39 bits per heavy atom. The Morgan fingerprint density at radius 2 is 2.13 bits per heavy atom. The minimum absolute atomic E-state index is 0.527. The maximum Gasteiger partial charge on any atom is 0.191 e. The van der Waals surface area contributed by atoms with E-state index in [-0.39, 0.29) is 0 Å². The van der Waals surface area contributed by atoms with Gasteiger partial charge in [-0.05, 0) is 43.9 Å². The van der Waals surface area contributed by atoms with Gasteiger partial charge in [-0.15, -0.1) is 0 Å². The third-order valence-corrected chi connectivity index (χ3v) is 4.05. The zero-order chi connectivity index (χ0) is 16.8. The van der Waals surface area contributed by atoms with Crippen LogP contribution in [0.15, 0.2) is 17.1 Å². The van der Waals surface area contributed by atoms with Gasteiger partial charge in [-0.2, -0.15) is 0 Å². The van der Waals surface area contributed by atoms with E-state index < -0.39 is 0 Å². The van der Waals surface area contributed by atoms with Gasteiger partial charge in [0, 0.05) is 12.6 Å². The Bertz CT molecular complexity index is 563. The van der Waals surface area contributed by atoms with Crippen LogP contribution in [0.5, 0.6) is 11.5 Å². The molecule has 0 aliphatic heterocycles. The number of nitrogens with zero attached hydrogens (tertiary/aromatic N) is 1. The highest BCUT2D eigenvalue weighted by Gasteiger charge is 2.33. The van der Waals surface area contributed by atoms with Crippen LogP contribution in [0.2, 0.25) is 5.02 Å². The van der Waals surface area contributed by atoms with E-state index in [1.165, 1.54) is 6.42 Å². The van der Waals surface area contributed by atoms with E-state index in [1.807, 2.05) is 19.1 Å². The zero-order valence-corrected chi connectivity index (χ0v) is 15.0. The van der Waals surface area contributed by atoms with Crippen molar-refractivity contribution in [2.75, 3.05) is 20.3 Å². The number of guanidine groups is 1. The third-order valence-electron chi connectivity index (χ3n) is 3.77. The van der Waals surface area contributed by atoms with Gasteiger partial charge in [0.25, 0.3) is 0 Å². The second kappa shape index (κ2) is 8.29. The number of hydrogen-bond acceptors (Lipinski definition) is 3. The van der Waals surface area contributed by atoms with Crippen molar-refractivity contribution < 1.29 is 9.47 Å². The van der Waals surface area contributed by atoms with Crippen molar-refractivity contribution in [2.45, 2.75) is 39.8 Å². The maximum atomic E-state index is 6.30. The Morgan fingerprint density at radius 3 is 2.70 bits per heavy atom. The molecule has 0 spiro atoms. The molecule has 2 unspecified atom stereocenters. The number of aliphatic imine (C=N–C) groups is 1. The summed E-state index contributed by atoms with van der Waals surface area (Å²) in [7, 11) is 1.61. The van der Waals surface area contributed by atoms with Gasteiger partial charge >= 0.3 is 0 Å². The molecule has 1 aliphatic carbocycles. The molecule has 1 aromatic carbocycles. The number of benzene rings is 1. The normalized spacial score (nSPS) is 20.1. The van der Waals surface area contributed by atoms with Gasteiger partial charge in [-0.1, -0.05) is 18.5 Å². The van der Waals surface area contributed by atoms with Crippen molar-refractivity contribution in [1.82, 2.24) is 10.6 Å². The van der Waals surface area contributed by atoms with E-state index in [1.54, 1.807) is 7.11 Å². The second-order valence-corrected chi connectivity index (χ2v) is 6.11. The van der Waals surface area contributed by atoms with Crippen LogP contribution in [0.3, 0.4) is 0 Å². The van der Waals surface area contributed by atoms with Gasteiger partial charge in [0.05, 0.1) is 25.3 Å². The molecule has 0 amide bonds. The summed E-state index contributed by atoms with van der Waals surface area (Å²) in [5.74, 6) is 2.78. The molecule has 0 radical (unpaired) electrons. The van der Waals surface area contributed by atoms with Crippen molar-refractivity contribution in [3.63, 3.8) is 0 Å². The van der Waals surface area contributed by atoms with Crippen molar-refractivity contribution in [2.24, 2.45) is 10.9 Å². The number of ether oxygens (including phenoxy) is 2. The minimum Gasteiger partial charge on any atom is -0.493 e. The standard InChI is InChI=1S/C17H26ClN3O2/c1-5-19-17(21-14-7-11(14)3)20-10-12-8-13(18)16(23-6-2)15(9-12)22-4/h8-9,11,14H,5-7,10H2,1-4H3,(H2,19,20,21). The van der Waals surface area contributed by atoms with Gasteiger partial charge < -0.3 is 20.1 Å². The lowest BCUT2D eigenvalue weighted by Crippen LogP contribution is -2.39. The number of rotatable bonds is 7. The average Bonchev–Trinajstić information content (AvgIpc) is 3.22. The van der Waals surface area contributed by atoms with Crippen LogP contribution >= 0.6 is 11.6 Å². The van der Waals surface area contributed by atoms with Crippen LogP contribution in [0.1, 0.15) is 32.8 Å². The molecule has 6 heteroatoms. The third kappa shape index (κ3) is 4.93. The maximum absolute atomic E-state index is 6.30. The molecule has 2 atom stereocenters. The summed E-state index contributed by atoms with van der Waals surface area (Å²) in [5.41, 5.74) is 0.983. The summed E-state index contributed by atoms with van der Waals surface area (Å²) in [6.45, 7) is 8.12. The van der Waals surface area contributed by atoms with E-state index in [0.29, 0.717) is 35.7 Å². The lowest BCUT2D eigenvalue weighted by atomic mass is 10.2. The first-order valence-electron chi connectivity index (χ1n) is 8.13. The topological polar surface area (TPSA) is 54.9 Å². The molecule has 1 aliphatic rings. The molecule has 2 N–H and O–H groups in total. The highest BCUT2D eigenvalue weighted by molar-refractivity contribution is 6.32. The molecule has 1 aromatic rings. The van der Waals surface area contributed by atoms with E-state index in [0.717, 1.165) is 24.0 Å². The van der Waals surface area contributed by atoms with Gasteiger partial charge in [0.2, 0.25) is 0 Å². The smallest absolute Gasteiger partial charge is 0.191 e. The van der Waals surface area contributed by atoms with E-state index in [2.05, 4.69) is 29.5 Å². The molecule has 5 nitrogen and oxygen atoms in total. The van der Waals surface area contributed by atoms with Crippen LogP contribution in [0.4, 0.5) is 0 Å². The summed E-state index contributed by atoms with van der Waals surface area (Å²) in [5, 5.41) is 7.25. The Labute approximate surface area is 143 Å². The fourth-order valence-electron chi connectivity index (χ4n) is 2.34. The molecule has 128 valence electrons. The quantitative estimate of drug-likeness (QED) is 0.591. The fourth-order valence-corrected chi connectivity index (χ4v) is 2.63. The Kier molecular flexibility index (Phi) is 6.39. The number of hydrogen-bond donors (Lipinski definition) is 2. The molecular formula is C17H26ClN3O2. The van der Waals surface area contributed by atoms with Gasteiger partial charge in [-0.25, -0.2) is 4.99 Å². The Hall–Kier alpha value is -1.62. The first-order valence-corrected chi connectivity index (χ1v) is 8.50. The number of nitrogens with one attached hydrogen (secondary N) is 2. The van der Waals surface area contributed by atoms with Gasteiger partial charge in [-0.3, -0.25) is 0 Å². The first kappa shape index (κ1) is 17.7. The van der Waals surface area contributed by atoms with Gasteiger partial charge in [0.15, 0.2) is 17.5 Å². The van der Waals surface area contributed by atoms with Crippen molar-refractivity contribution in [1.29, 1.82) is 0 Å². The van der Waals surface area contributed by atoms with Crippen LogP contribution in [0.25, 0.3) is 0 Å². The molecule has 0 saturated heterocycles. The molecular weight excluding hydrogens is 314 g/mol. The molecule has 1 saturated carbocycles. The van der Waals surface area contributed by atoms with E-state index in [9.17, 15) is 0 Å². The zero-order valence-electron chi connectivity index (χ0n) is 14.3. The first-order chi connectivity index (χ1) is 11.1. The van der Waals surface area contributed by atoms with E-state index >= 15 is 0 Å². The SMILES string of the molecule is CCNC(=NCc1cc(Cl)c(OCC)c(OC)c1)NC1CC1C.